The average Bonchev–Trinajstić information content (AvgIpc) is 2.29. The number of pyridine rings is 1. The quantitative estimate of drug-likeness (QED) is 0.635. The van der Waals surface area contributed by atoms with Crippen molar-refractivity contribution < 1.29 is 23.4 Å². The number of aromatic nitrogens is 1. The van der Waals surface area contributed by atoms with Gasteiger partial charge in [-0.3, -0.25) is 0 Å². The van der Waals surface area contributed by atoms with Gasteiger partial charge in [0, 0.05) is 12.7 Å². The van der Waals surface area contributed by atoms with Crippen LogP contribution in [0.2, 0.25) is 0 Å². The van der Waals surface area contributed by atoms with E-state index in [0.717, 1.165) is 6.20 Å². The first kappa shape index (κ1) is 14.1. The Morgan fingerprint density at radius 2 is 2.33 bits per heavy atom. The first-order valence-corrected chi connectivity index (χ1v) is 5.09. The molecule has 18 heavy (non-hydrogen) atoms. The summed E-state index contributed by atoms with van der Waals surface area (Å²) in [5, 5.41) is 11.4. The Labute approximate surface area is 102 Å². The number of nitrogen functional groups attached to an aromatic ring is 1. The molecule has 0 saturated carbocycles. The van der Waals surface area contributed by atoms with Crippen molar-refractivity contribution in [1.29, 1.82) is 0 Å². The number of carboxylic acid groups (broad SMARTS) is 1. The van der Waals surface area contributed by atoms with Gasteiger partial charge in [-0.2, -0.15) is 0 Å². The molecular formula is C10H13F2N3O3. The van der Waals surface area contributed by atoms with Crippen molar-refractivity contribution in [2.75, 3.05) is 30.8 Å². The predicted octanol–water partition coefficient (Wildman–Crippen LogP) is 1.06. The molecule has 0 bridgehead atoms. The Morgan fingerprint density at radius 1 is 1.61 bits per heavy atom. The van der Waals surface area contributed by atoms with Gasteiger partial charge in [-0.15, -0.1) is 0 Å². The highest BCUT2D eigenvalue weighted by molar-refractivity contribution is 5.89. The summed E-state index contributed by atoms with van der Waals surface area (Å²) in [6.45, 7) is -0.301. The number of nitrogens with zero attached hydrogens (tertiary/aromatic N) is 1. The number of nitrogens with two attached hydrogens (primary N) is 1. The lowest BCUT2D eigenvalue weighted by atomic mass is 10.2. The minimum absolute atomic E-state index is 0.0213. The zero-order chi connectivity index (χ0) is 13.5. The second-order valence-electron chi connectivity index (χ2n) is 3.36. The highest BCUT2D eigenvalue weighted by Crippen LogP contribution is 2.15. The molecule has 0 radical (unpaired) electrons. The highest BCUT2D eigenvalue weighted by atomic mass is 19.3. The van der Waals surface area contributed by atoms with E-state index < -0.39 is 19.0 Å². The number of aromatic carboxylic acids is 1. The number of halogens is 2. The number of nitrogens with one attached hydrogen (secondary N) is 1. The lowest BCUT2D eigenvalue weighted by Crippen LogP contribution is -2.15. The Bertz CT molecular complexity index is 415. The molecule has 0 fully saturated rings. The molecule has 0 atom stereocenters. The van der Waals surface area contributed by atoms with Gasteiger partial charge in [0.1, 0.15) is 12.4 Å². The Kier molecular flexibility index (Phi) is 5.25. The average molecular weight is 261 g/mol. The summed E-state index contributed by atoms with van der Waals surface area (Å²) >= 11 is 0. The molecule has 4 N–H and O–H groups in total. The molecule has 1 aromatic rings. The topological polar surface area (TPSA) is 97.5 Å². The zero-order valence-electron chi connectivity index (χ0n) is 9.40. The molecule has 0 aromatic carbocycles. The second-order valence-corrected chi connectivity index (χ2v) is 3.36. The monoisotopic (exact) mass is 261 g/mol. The number of carbonyl (C=O) groups is 1. The molecule has 1 heterocycles. The fourth-order valence-corrected chi connectivity index (χ4v) is 1.16. The number of rotatable bonds is 7. The molecule has 6 nitrogen and oxygen atoms in total. The van der Waals surface area contributed by atoms with Crippen molar-refractivity contribution in [3.05, 3.63) is 17.8 Å². The summed E-state index contributed by atoms with van der Waals surface area (Å²) in [5.74, 6) is -0.832. The molecule has 0 unspecified atom stereocenters. The SMILES string of the molecule is Nc1cc(C(=O)O)cnc1NCCOCC(F)F. The van der Waals surface area contributed by atoms with E-state index in [4.69, 9.17) is 10.8 Å². The van der Waals surface area contributed by atoms with Crippen LogP contribution in [0, 0.1) is 0 Å². The molecule has 1 aromatic heterocycles. The first-order valence-electron chi connectivity index (χ1n) is 5.09. The highest BCUT2D eigenvalue weighted by Gasteiger charge is 2.07. The van der Waals surface area contributed by atoms with Crippen molar-refractivity contribution >= 4 is 17.5 Å². The van der Waals surface area contributed by atoms with E-state index in [1.807, 2.05) is 0 Å². The molecule has 8 heteroatoms. The zero-order valence-corrected chi connectivity index (χ0v) is 9.40. The molecule has 0 aliphatic rings. The summed E-state index contributed by atoms with van der Waals surface area (Å²) in [7, 11) is 0. The van der Waals surface area contributed by atoms with Crippen molar-refractivity contribution in [1.82, 2.24) is 4.98 Å². The third-order valence-electron chi connectivity index (χ3n) is 1.95. The van der Waals surface area contributed by atoms with Gasteiger partial charge in [0.05, 0.1) is 17.9 Å². The van der Waals surface area contributed by atoms with Gasteiger partial charge in [-0.05, 0) is 6.07 Å². The number of alkyl halides is 2. The molecular weight excluding hydrogens is 248 g/mol. The van der Waals surface area contributed by atoms with Crippen LogP contribution in [-0.4, -0.2) is 42.2 Å². The molecule has 0 aliphatic heterocycles. The van der Waals surface area contributed by atoms with Gasteiger partial charge in [0.2, 0.25) is 0 Å². The number of hydrogen-bond donors (Lipinski definition) is 3. The van der Waals surface area contributed by atoms with E-state index in [1.54, 1.807) is 0 Å². The van der Waals surface area contributed by atoms with Crippen LogP contribution in [-0.2, 0) is 4.74 Å². The summed E-state index contributed by atoms with van der Waals surface area (Å²) < 4.78 is 28.1. The van der Waals surface area contributed by atoms with E-state index in [9.17, 15) is 13.6 Å². The lowest BCUT2D eigenvalue weighted by Gasteiger charge is -2.09. The number of ether oxygens (including phenoxy) is 1. The van der Waals surface area contributed by atoms with Gasteiger partial charge in [-0.25, -0.2) is 18.6 Å². The largest absolute Gasteiger partial charge is 0.478 e. The van der Waals surface area contributed by atoms with Crippen LogP contribution in [0.5, 0.6) is 0 Å². The lowest BCUT2D eigenvalue weighted by molar-refractivity contribution is 0.0215. The fraction of sp³-hybridized carbons (Fsp3) is 0.400. The maximum atomic E-state index is 11.7. The molecule has 0 amide bonds. The second kappa shape index (κ2) is 6.70. The van der Waals surface area contributed by atoms with Crippen LogP contribution in [0.15, 0.2) is 12.3 Å². The summed E-state index contributed by atoms with van der Waals surface area (Å²) in [5.41, 5.74) is 5.72. The predicted molar refractivity (Wildman–Crippen MR) is 60.9 cm³/mol. The third kappa shape index (κ3) is 4.50. The number of carboxylic acids is 1. The van der Waals surface area contributed by atoms with Crippen LogP contribution in [0.25, 0.3) is 0 Å². The van der Waals surface area contributed by atoms with Gasteiger partial charge >= 0.3 is 5.97 Å². The van der Waals surface area contributed by atoms with Crippen LogP contribution >= 0.6 is 0 Å². The molecule has 0 spiro atoms. The summed E-state index contributed by atoms with van der Waals surface area (Å²) in [6, 6.07) is 1.26. The number of anilines is 2. The summed E-state index contributed by atoms with van der Waals surface area (Å²) in [4.78, 5) is 14.4. The van der Waals surface area contributed by atoms with Gasteiger partial charge in [-0.1, -0.05) is 0 Å². The van der Waals surface area contributed by atoms with Gasteiger partial charge < -0.3 is 20.9 Å². The normalized spacial score (nSPS) is 10.6. The van der Waals surface area contributed by atoms with Crippen molar-refractivity contribution in [2.45, 2.75) is 6.43 Å². The smallest absolute Gasteiger partial charge is 0.337 e. The standard InChI is InChI=1S/C10H13F2N3O3/c11-8(12)5-18-2-1-14-9-7(13)3-6(4-15-9)10(16)17/h3-4,8H,1-2,5,13H2,(H,14,15)(H,16,17). The summed E-state index contributed by atoms with van der Waals surface area (Å²) in [6.07, 6.45) is -1.34. The van der Waals surface area contributed by atoms with Crippen molar-refractivity contribution in [2.24, 2.45) is 0 Å². The van der Waals surface area contributed by atoms with E-state index in [1.165, 1.54) is 6.07 Å². The first-order chi connectivity index (χ1) is 8.50. The van der Waals surface area contributed by atoms with Crippen molar-refractivity contribution in [3.8, 4) is 0 Å². The molecule has 0 saturated heterocycles. The van der Waals surface area contributed by atoms with E-state index in [0.29, 0.717) is 5.82 Å². The maximum Gasteiger partial charge on any atom is 0.337 e. The van der Waals surface area contributed by atoms with Crippen molar-refractivity contribution in [3.63, 3.8) is 0 Å². The van der Waals surface area contributed by atoms with E-state index in [-0.39, 0.29) is 24.4 Å². The van der Waals surface area contributed by atoms with Crippen LogP contribution in [0.3, 0.4) is 0 Å². The van der Waals surface area contributed by atoms with Crippen LogP contribution < -0.4 is 11.1 Å². The Balaban J connectivity index is 2.41. The molecule has 100 valence electrons. The minimum atomic E-state index is -2.50. The van der Waals surface area contributed by atoms with E-state index in [2.05, 4.69) is 15.0 Å². The minimum Gasteiger partial charge on any atom is -0.478 e. The maximum absolute atomic E-state index is 11.7. The van der Waals surface area contributed by atoms with Crippen LogP contribution in [0.1, 0.15) is 10.4 Å². The molecule has 1 rings (SSSR count). The third-order valence-corrected chi connectivity index (χ3v) is 1.95. The fourth-order valence-electron chi connectivity index (χ4n) is 1.16. The Hall–Kier alpha value is -1.96. The van der Waals surface area contributed by atoms with Crippen LogP contribution in [0.4, 0.5) is 20.3 Å². The molecule has 0 aliphatic carbocycles. The van der Waals surface area contributed by atoms with Gasteiger partial charge in [0.15, 0.2) is 0 Å². The van der Waals surface area contributed by atoms with E-state index >= 15 is 0 Å². The van der Waals surface area contributed by atoms with Gasteiger partial charge in [0.25, 0.3) is 6.43 Å². The Morgan fingerprint density at radius 3 is 2.89 bits per heavy atom. The number of hydrogen-bond acceptors (Lipinski definition) is 5.